The number of halogens is 3. The van der Waals surface area contributed by atoms with E-state index in [4.69, 9.17) is 15.0 Å². The van der Waals surface area contributed by atoms with Crippen molar-refractivity contribution in [1.29, 1.82) is 0 Å². The summed E-state index contributed by atoms with van der Waals surface area (Å²) < 4.78 is 64.2. The third-order valence-corrected chi connectivity index (χ3v) is 22.4. The van der Waals surface area contributed by atoms with Crippen LogP contribution in [-0.2, 0) is 6.18 Å². The fourth-order valence-electron chi connectivity index (χ4n) is 18.0. The van der Waals surface area contributed by atoms with E-state index in [-0.39, 0.29) is 17.0 Å². The summed E-state index contributed by atoms with van der Waals surface area (Å²) in [5, 5.41) is 8.85. The average molecular weight is 1370 g/mol. The Morgan fingerprint density at radius 2 is 0.434 bits per heavy atom. The minimum Gasteiger partial charge on any atom is -0.309 e. The highest BCUT2D eigenvalue weighted by Gasteiger charge is 2.46. The van der Waals surface area contributed by atoms with E-state index in [1.54, 1.807) is 12.1 Å². The molecule has 7 nitrogen and oxygen atoms in total. The lowest BCUT2D eigenvalue weighted by Gasteiger charge is -2.27. The summed E-state index contributed by atoms with van der Waals surface area (Å²) in [6, 6.07) is 116. The van der Waals surface area contributed by atoms with Crippen molar-refractivity contribution >= 4 is 87.2 Å². The summed E-state index contributed by atoms with van der Waals surface area (Å²) in [4.78, 5) is 15.8. The molecule has 5 heterocycles. The first kappa shape index (κ1) is 59.9. The van der Waals surface area contributed by atoms with Crippen molar-refractivity contribution in [2.75, 3.05) is 0 Å². The molecular weight excluding hydrogens is 1310 g/mol. The summed E-state index contributed by atoms with van der Waals surface area (Å²) in [6.45, 7) is 0. The zero-order valence-electron chi connectivity index (χ0n) is 56.8. The maximum absolute atomic E-state index is 18.4. The van der Waals surface area contributed by atoms with Crippen LogP contribution in [0.2, 0.25) is 0 Å². The molecule has 0 atom stereocenters. The van der Waals surface area contributed by atoms with E-state index in [9.17, 15) is 0 Å². The zero-order chi connectivity index (χ0) is 70.0. The van der Waals surface area contributed by atoms with Gasteiger partial charge in [-0.1, -0.05) is 231 Å². The number of fused-ring (bicyclic) bond motifs is 18. The molecule has 0 N–H and O–H groups in total. The number of benzene rings is 15. The first-order valence-corrected chi connectivity index (χ1v) is 35.9. The van der Waals surface area contributed by atoms with E-state index < -0.39 is 23.6 Å². The largest absolute Gasteiger partial charge is 0.417 e. The van der Waals surface area contributed by atoms with Gasteiger partial charge < -0.3 is 18.3 Å². The van der Waals surface area contributed by atoms with Crippen molar-refractivity contribution in [3.63, 3.8) is 0 Å². The lowest BCUT2D eigenvalue weighted by molar-refractivity contribution is -0.138. The number of aromatic nitrogens is 7. The monoisotopic (exact) mass is 1370 g/mol. The summed E-state index contributed by atoms with van der Waals surface area (Å²) >= 11 is 0. The standard InChI is InChI=1S/C96H58F3N7/c97-96(98,99)92-80(90-72-47-43-60(103-82-35-15-7-27-64(82)65-28-8-16-36-83(65)103)53-76(72)77-54-61(44-48-73(77)90)104-84-37-17-9-29-66(84)67-30-10-18-38-85(67)104)51-59(95-101-93(57-23-3-1-4-24-57)100-94(102-95)58-25-5-2-6-26-58)52-81(92)91-74-49-45-62(105-86-39-19-11-31-68(86)69-32-12-20-40-87(69)105)55-78(74)79-56-63(46-50-75(79)91)106-88-41-21-13-33-70(88)71-34-14-22-42-89(71)106/h1-56,90-91H. The van der Waals surface area contributed by atoms with E-state index in [0.29, 0.717) is 17.2 Å². The molecule has 0 saturated heterocycles. The molecule has 20 aromatic rings. The van der Waals surface area contributed by atoms with Crippen LogP contribution < -0.4 is 0 Å². The number of rotatable bonds is 9. The normalized spacial score (nSPS) is 13.0. The Hall–Kier alpha value is -13.7. The van der Waals surface area contributed by atoms with Crippen molar-refractivity contribution in [1.82, 2.24) is 33.2 Å². The Bertz CT molecular complexity index is 6150. The molecule has 0 aliphatic heterocycles. The van der Waals surface area contributed by atoms with Crippen molar-refractivity contribution in [2.45, 2.75) is 18.0 Å². The molecule has 0 fully saturated rings. The third kappa shape index (κ3) is 8.91. The van der Waals surface area contributed by atoms with Gasteiger partial charge in [0.1, 0.15) is 0 Å². The first-order chi connectivity index (χ1) is 52.2. The smallest absolute Gasteiger partial charge is 0.309 e. The van der Waals surface area contributed by atoms with Gasteiger partial charge in [0.25, 0.3) is 0 Å². The minimum absolute atomic E-state index is 0.0935. The second-order valence-corrected chi connectivity index (χ2v) is 28.0. The molecule has 0 bridgehead atoms. The minimum atomic E-state index is -4.93. The van der Waals surface area contributed by atoms with Gasteiger partial charge in [-0.25, -0.2) is 15.0 Å². The van der Waals surface area contributed by atoms with Crippen LogP contribution in [0.1, 0.15) is 50.8 Å². The van der Waals surface area contributed by atoms with Crippen LogP contribution in [0.15, 0.2) is 340 Å². The van der Waals surface area contributed by atoms with E-state index in [2.05, 4.69) is 285 Å². The van der Waals surface area contributed by atoms with Crippen LogP contribution in [0.25, 0.3) is 166 Å². The zero-order valence-corrected chi connectivity index (χ0v) is 56.8. The van der Waals surface area contributed by atoms with Crippen LogP contribution in [0.5, 0.6) is 0 Å². The van der Waals surface area contributed by atoms with Crippen LogP contribution in [-0.4, -0.2) is 33.2 Å². The SMILES string of the molecule is FC(F)(F)c1c(C2c3ccc(-n4c5ccccc5c5ccccc54)cc3-c3cc(-n4c5ccccc5c5ccccc54)ccc32)cc(-c2nc(-c3ccccc3)nc(-c3ccccc3)n2)cc1C1c2ccc(-n3c4ccccc4c4ccccc43)cc2-c2cc(-n3c4ccccc4c4ccccc43)ccc21. The molecule has 0 spiro atoms. The molecule has 0 radical (unpaired) electrons. The van der Waals surface area contributed by atoms with E-state index >= 15 is 13.2 Å². The Labute approximate surface area is 605 Å². The summed E-state index contributed by atoms with van der Waals surface area (Å²) in [5.74, 6) is -0.886. The van der Waals surface area contributed by atoms with Gasteiger partial charge in [0, 0.05) is 94.4 Å². The highest BCUT2D eigenvalue weighted by atomic mass is 19.4. The lowest BCUT2D eigenvalue weighted by Crippen LogP contribution is -2.19. The second kappa shape index (κ2) is 22.9. The molecule has 2 aliphatic carbocycles. The number of nitrogens with zero attached hydrogens (tertiary/aromatic N) is 7. The number of hydrogen-bond acceptors (Lipinski definition) is 3. The first-order valence-electron chi connectivity index (χ1n) is 35.9. The van der Waals surface area contributed by atoms with Crippen LogP contribution >= 0.6 is 0 Å². The Morgan fingerprint density at radius 3 is 0.670 bits per heavy atom. The molecular formula is C96H58F3N7. The number of alkyl halides is 3. The Balaban J connectivity index is 0.842. The fourth-order valence-corrected chi connectivity index (χ4v) is 18.0. The van der Waals surface area contributed by atoms with Gasteiger partial charge in [-0.3, -0.25) is 0 Å². The molecule has 10 heteroatoms. The van der Waals surface area contributed by atoms with Gasteiger partial charge >= 0.3 is 6.18 Å². The molecule has 498 valence electrons. The molecule has 0 saturated carbocycles. The molecule has 0 unspecified atom stereocenters. The van der Waals surface area contributed by atoms with Gasteiger partial charge in [0.05, 0.1) is 49.7 Å². The molecule has 22 rings (SSSR count). The van der Waals surface area contributed by atoms with E-state index in [1.165, 1.54) is 0 Å². The average Bonchev–Trinajstić information content (AvgIpc) is 1.56. The molecule has 15 aromatic carbocycles. The van der Waals surface area contributed by atoms with Crippen LogP contribution in [0.4, 0.5) is 13.2 Å². The quantitative estimate of drug-likeness (QED) is 0.145. The highest BCUT2D eigenvalue weighted by molar-refractivity contribution is 6.13. The summed E-state index contributed by atoms with van der Waals surface area (Å²) in [6.07, 6.45) is -4.93. The van der Waals surface area contributed by atoms with Crippen molar-refractivity contribution in [2.24, 2.45) is 0 Å². The predicted molar refractivity (Wildman–Crippen MR) is 424 cm³/mol. The van der Waals surface area contributed by atoms with E-state index in [1.807, 2.05) is 60.7 Å². The van der Waals surface area contributed by atoms with Crippen LogP contribution in [0.3, 0.4) is 0 Å². The highest BCUT2D eigenvalue weighted by Crippen LogP contribution is 2.58. The van der Waals surface area contributed by atoms with Gasteiger partial charge in [-0.2, -0.15) is 13.2 Å². The molecule has 106 heavy (non-hydrogen) atoms. The lowest BCUT2D eigenvalue weighted by atomic mass is 9.78. The van der Waals surface area contributed by atoms with E-state index in [0.717, 1.165) is 166 Å². The molecule has 0 amide bonds. The Kier molecular flexibility index (Phi) is 12.9. The number of hydrogen-bond donors (Lipinski definition) is 0. The van der Waals surface area contributed by atoms with Crippen molar-refractivity contribution in [3.8, 4) is 79.2 Å². The fraction of sp³-hybridized carbons (Fsp3) is 0.0312. The van der Waals surface area contributed by atoms with Gasteiger partial charge in [0.2, 0.25) is 0 Å². The van der Waals surface area contributed by atoms with Crippen molar-refractivity contribution in [3.05, 3.63) is 379 Å². The van der Waals surface area contributed by atoms with Crippen LogP contribution in [0, 0.1) is 0 Å². The maximum atomic E-state index is 18.4. The summed E-state index contributed by atoms with van der Waals surface area (Å²) in [5.41, 5.74) is 19.5. The van der Waals surface area contributed by atoms with Crippen molar-refractivity contribution < 1.29 is 13.2 Å². The number of para-hydroxylation sites is 8. The predicted octanol–water partition coefficient (Wildman–Crippen LogP) is 24.6. The topological polar surface area (TPSA) is 58.4 Å². The van der Waals surface area contributed by atoms with Gasteiger partial charge in [0.15, 0.2) is 17.5 Å². The maximum Gasteiger partial charge on any atom is 0.417 e. The Morgan fingerprint density at radius 1 is 0.217 bits per heavy atom. The van der Waals surface area contributed by atoms with Gasteiger partial charge in [-0.05, 0) is 165 Å². The molecule has 5 aromatic heterocycles. The van der Waals surface area contributed by atoms with Gasteiger partial charge in [-0.15, -0.1) is 0 Å². The third-order valence-electron chi connectivity index (χ3n) is 22.4. The summed E-state index contributed by atoms with van der Waals surface area (Å²) in [7, 11) is 0. The molecule has 2 aliphatic rings. The second-order valence-electron chi connectivity index (χ2n) is 28.0.